The fraction of sp³-hybridized carbons (Fsp3) is 0.188. The summed E-state index contributed by atoms with van der Waals surface area (Å²) < 4.78 is 5.08. The third-order valence-corrected chi connectivity index (χ3v) is 3.63. The van der Waals surface area contributed by atoms with Gasteiger partial charge in [-0.15, -0.1) is 0 Å². The zero-order chi connectivity index (χ0) is 16.4. The van der Waals surface area contributed by atoms with Crippen molar-refractivity contribution in [3.63, 3.8) is 0 Å². The Morgan fingerprint density at radius 3 is 2.78 bits per heavy atom. The second-order valence-corrected chi connectivity index (χ2v) is 4.98. The van der Waals surface area contributed by atoms with Gasteiger partial charge in [0.1, 0.15) is 0 Å². The minimum Gasteiger partial charge on any atom is -0.503 e. The Morgan fingerprint density at radius 1 is 1.35 bits per heavy atom. The van der Waals surface area contributed by atoms with Crippen molar-refractivity contribution in [2.45, 2.75) is 6.04 Å². The topological polar surface area (TPSA) is 104 Å². The maximum atomic E-state index is 12.6. The van der Waals surface area contributed by atoms with Crippen molar-refractivity contribution in [1.82, 2.24) is 9.88 Å². The molecule has 0 unspecified atom stereocenters. The number of furan rings is 1. The van der Waals surface area contributed by atoms with Gasteiger partial charge < -0.3 is 19.5 Å². The van der Waals surface area contributed by atoms with Crippen LogP contribution in [0.1, 0.15) is 22.2 Å². The molecule has 0 radical (unpaired) electrons. The molecule has 0 saturated heterocycles. The lowest BCUT2D eigenvalue weighted by Crippen LogP contribution is -2.33. The Labute approximate surface area is 131 Å². The molecule has 1 aliphatic rings. The summed E-state index contributed by atoms with van der Waals surface area (Å²) >= 11 is 0. The molecule has 0 aliphatic carbocycles. The molecule has 7 heteroatoms. The van der Waals surface area contributed by atoms with E-state index in [0.29, 0.717) is 5.56 Å². The zero-order valence-electron chi connectivity index (χ0n) is 12.0. The highest BCUT2D eigenvalue weighted by atomic mass is 16.3. The first-order valence-electron chi connectivity index (χ1n) is 6.98. The molecule has 3 heterocycles. The van der Waals surface area contributed by atoms with Crippen LogP contribution in [-0.4, -0.2) is 44.9 Å². The lowest BCUT2D eigenvalue weighted by atomic mass is 9.96. The Kier molecular flexibility index (Phi) is 3.94. The largest absolute Gasteiger partial charge is 0.503 e. The molecule has 1 amide bonds. The van der Waals surface area contributed by atoms with E-state index in [1.54, 1.807) is 24.4 Å². The molecule has 1 atom stereocenters. The quantitative estimate of drug-likeness (QED) is 0.805. The minimum atomic E-state index is -0.819. The first-order chi connectivity index (χ1) is 11.1. The summed E-state index contributed by atoms with van der Waals surface area (Å²) in [6.45, 7) is -0.310. The van der Waals surface area contributed by atoms with E-state index in [-0.39, 0.29) is 24.5 Å². The molecule has 0 saturated carbocycles. The molecule has 23 heavy (non-hydrogen) atoms. The van der Waals surface area contributed by atoms with Crippen molar-refractivity contribution in [3.05, 3.63) is 65.6 Å². The molecule has 2 N–H and O–H groups in total. The molecule has 0 spiro atoms. The van der Waals surface area contributed by atoms with Gasteiger partial charge in [0, 0.05) is 18.9 Å². The summed E-state index contributed by atoms with van der Waals surface area (Å²) in [5.41, 5.74) is 0.486. The van der Waals surface area contributed by atoms with E-state index in [2.05, 4.69) is 4.98 Å². The highest BCUT2D eigenvalue weighted by Crippen LogP contribution is 2.38. The van der Waals surface area contributed by atoms with Crippen LogP contribution < -0.4 is 0 Å². The zero-order valence-corrected chi connectivity index (χ0v) is 12.0. The fourth-order valence-electron chi connectivity index (χ4n) is 2.65. The molecule has 0 bridgehead atoms. The number of pyridine rings is 1. The van der Waals surface area contributed by atoms with Gasteiger partial charge in [-0.05, 0) is 23.8 Å². The number of hydrogen-bond donors (Lipinski definition) is 2. The van der Waals surface area contributed by atoms with E-state index in [1.165, 1.54) is 23.4 Å². The monoisotopic (exact) mass is 314 g/mol. The van der Waals surface area contributed by atoms with Gasteiger partial charge in [0.25, 0.3) is 5.91 Å². The third kappa shape index (κ3) is 2.51. The Hall–Kier alpha value is -2.93. The summed E-state index contributed by atoms with van der Waals surface area (Å²) in [5, 5.41) is 19.4. The van der Waals surface area contributed by atoms with E-state index in [0.717, 1.165) is 0 Å². The molecule has 2 aromatic rings. The number of ketones is 1. The number of carbonyl (C=O) groups is 2. The van der Waals surface area contributed by atoms with Crippen molar-refractivity contribution >= 4 is 11.7 Å². The maximum absolute atomic E-state index is 12.6. The van der Waals surface area contributed by atoms with Gasteiger partial charge >= 0.3 is 0 Å². The van der Waals surface area contributed by atoms with Crippen molar-refractivity contribution in [2.75, 3.05) is 13.2 Å². The SMILES string of the molecule is O=C(C1=C(O)C(=O)N(CCO)[C@@H]1c1cccnc1)c1ccco1. The average molecular weight is 314 g/mol. The second-order valence-electron chi connectivity index (χ2n) is 4.98. The lowest BCUT2D eigenvalue weighted by molar-refractivity contribution is -0.129. The van der Waals surface area contributed by atoms with Crippen molar-refractivity contribution in [1.29, 1.82) is 0 Å². The van der Waals surface area contributed by atoms with Gasteiger partial charge in [-0.1, -0.05) is 6.07 Å². The van der Waals surface area contributed by atoms with Gasteiger partial charge in [-0.2, -0.15) is 0 Å². The van der Waals surface area contributed by atoms with Crippen LogP contribution in [0, 0.1) is 0 Å². The van der Waals surface area contributed by atoms with Gasteiger partial charge in [0.2, 0.25) is 5.78 Å². The molecule has 0 aromatic carbocycles. The summed E-state index contributed by atoms with van der Waals surface area (Å²) in [6, 6.07) is 5.56. The number of nitrogens with zero attached hydrogens (tertiary/aromatic N) is 2. The van der Waals surface area contributed by atoms with Crippen LogP contribution in [0.4, 0.5) is 0 Å². The second kappa shape index (κ2) is 6.05. The molecular weight excluding hydrogens is 300 g/mol. The molecule has 0 fully saturated rings. The number of β-amino-alcohol motifs (C(OH)–C–C–N with tert-alkyl or cyclic N) is 1. The summed E-state index contributed by atoms with van der Waals surface area (Å²) in [7, 11) is 0. The van der Waals surface area contributed by atoms with Gasteiger partial charge in [-0.3, -0.25) is 14.6 Å². The van der Waals surface area contributed by atoms with Gasteiger partial charge in [-0.25, -0.2) is 0 Å². The van der Waals surface area contributed by atoms with Gasteiger partial charge in [0.15, 0.2) is 11.5 Å². The van der Waals surface area contributed by atoms with Crippen LogP contribution in [0.15, 0.2) is 58.7 Å². The maximum Gasteiger partial charge on any atom is 0.290 e. The number of aliphatic hydroxyl groups excluding tert-OH is 2. The molecule has 1 aliphatic heterocycles. The van der Waals surface area contributed by atoms with Crippen LogP contribution in [0.3, 0.4) is 0 Å². The highest BCUT2D eigenvalue weighted by molar-refractivity contribution is 6.14. The first kappa shape index (κ1) is 15.0. The van der Waals surface area contributed by atoms with E-state index < -0.39 is 23.5 Å². The van der Waals surface area contributed by atoms with Crippen LogP contribution >= 0.6 is 0 Å². The van der Waals surface area contributed by atoms with Crippen LogP contribution in [0.2, 0.25) is 0 Å². The number of aliphatic hydroxyl groups is 2. The van der Waals surface area contributed by atoms with E-state index in [4.69, 9.17) is 4.42 Å². The minimum absolute atomic E-state index is 0.0165. The number of aromatic nitrogens is 1. The average Bonchev–Trinajstić information content (AvgIpc) is 3.18. The summed E-state index contributed by atoms with van der Waals surface area (Å²) in [5.74, 6) is -1.88. The molecule has 3 rings (SSSR count). The van der Waals surface area contributed by atoms with E-state index in [1.807, 2.05) is 0 Å². The smallest absolute Gasteiger partial charge is 0.290 e. The van der Waals surface area contributed by atoms with E-state index >= 15 is 0 Å². The van der Waals surface area contributed by atoms with E-state index in [9.17, 15) is 19.8 Å². The normalized spacial score (nSPS) is 17.9. The predicted octanol–water partition coefficient (Wildman–Crippen LogP) is 1.25. The third-order valence-electron chi connectivity index (χ3n) is 3.63. The number of carbonyl (C=O) groups excluding carboxylic acids is 2. The molecule has 7 nitrogen and oxygen atoms in total. The molecule has 2 aromatic heterocycles. The van der Waals surface area contributed by atoms with Crippen molar-refractivity contribution in [3.8, 4) is 0 Å². The Morgan fingerprint density at radius 2 is 2.17 bits per heavy atom. The van der Waals surface area contributed by atoms with Crippen molar-refractivity contribution in [2.24, 2.45) is 0 Å². The van der Waals surface area contributed by atoms with Crippen LogP contribution in [-0.2, 0) is 4.79 Å². The predicted molar refractivity (Wildman–Crippen MR) is 78.5 cm³/mol. The highest BCUT2D eigenvalue weighted by Gasteiger charge is 2.44. The number of amides is 1. The fourth-order valence-corrected chi connectivity index (χ4v) is 2.65. The summed E-state index contributed by atoms with van der Waals surface area (Å²) in [4.78, 5) is 30.1. The van der Waals surface area contributed by atoms with Crippen molar-refractivity contribution < 1.29 is 24.2 Å². The van der Waals surface area contributed by atoms with Crippen LogP contribution in [0.25, 0.3) is 0 Å². The van der Waals surface area contributed by atoms with Gasteiger partial charge in [0.05, 0.1) is 24.5 Å². The lowest BCUT2D eigenvalue weighted by Gasteiger charge is -2.25. The molecular formula is C16H14N2O5. The number of Topliss-reactive ketones (excluding diaryl/α,β-unsaturated/α-hetero) is 1. The Balaban J connectivity index is 2.10. The molecule has 118 valence electrons. The van der Waals surface area contributed by atoms with Crippen LogP contribution in [0.5, 0.6) is 0 Å². The standard InChI is InChI=1S/C16H14N2O5/c19-7-6-18-13(10-3-1-5-17-9-10)12(15(21)16(18)22)14(20)11-4-2-8-23-11/h1-5,8-9,13,19,21H,6-7H2/t13-/m1/s1. The number of rotatable bonds is 5. The first-order valence-corrected chi connectivity index (χ1v) is 6.98. The Bertz CT molecular complexity index is 752. The number of hydrogen-bond acceptors (Lipinski definition) is 6. The summed E-state index contributed by atoms with van der Waals surface area (Å²) in [6.07, 6.45) is 4.41.